The Bertz CT molecular complexity index is 1440. The van der Waals surface area contributed by atoms with Crippen LogP contribution in [-0.2, 0) is 11.2 Å². The van der Waals surface area contributed by atoms with Crippen LogP contribution in [0, 0.1) is 0 Å². The Morgan fingerprint density at radius 3 is 2.40 bits per heavy atom. The molecule has 1 aliphatic carbocycles. The van der Waals surface area contributed by atoms with E-state index in [1.165, 1.54) is 0 Å². The van der Waals surface area contributed by atoms with Gasteiger partial charge in [-0.05, 0) is 48.0 Å². The van der Waals surface area contributed by atoms with Crippen LogP contribution >= 0.6 is 0 Å². The summed E-state index contributed by atoms with van der Waals surface area (Å²) in [4.78, 5) is 26.4. The number of aromatic amines is 1. The zero-order valence-electron chi connectivity index (χ0n) is 19.5. The molecular formula is C27H23N3O5. The van der Waals surface area contributed by atoms with Gasteiger partial charge in [-0.1, -0.05) is 18.2 Å². The number of methoxy groups -OCH3 is 3. The Labute approximate surface area is 201 Å². The van der Waals surface area contributed by atoms with E-state index in [1.807, 2.05) is 30.3 Å². The second-order valence-electron chi connectivity index (χ2n) is 8.02. The van der Waals surface area contributed by atoms with Crippen LogP contribution in [-0.4, -0.2) is 43.2 Å². The molecule has 0 fully saturated rings. The zero-order chi connectivity index (χ0) is 24.5. The van der Waals surface area contributed by atoms with E-state index in [1.54, 1.807) is 51.7 Å². The van der Waals surface area contributed by atoms with Crippen molar-refractivity contribution in [2.75, 3.05) is 26.6 Å². The molecule has 0 saturated heterocycles. The number of fused-ring (bicyclic) bond motifs is 3. The minimum absolute atomic E-state index is 0.112. The molecule has 0 saturated carbocycles. The van der Waals surface area contributed by atoms with Crippen LogP contribution in [0.2, 0.25) is 0 Å². The summed E-state index contributed by atoms with van der Waals surface area (Å²) >= 11 is 0. The second-order valence-corrected chi connectivity index (χ2v) is 8.02. The fourth-order valence-corrected chi connectivity index (χ4v) is 4.32. The van der Waals surface area contributed by atoms with Crippen molar-refractivity contribution in [2.45, 2.75) is 6.42 Å². The number of nitrogens with zero attached hydrogens (tertiary/aromatic N) is 1. The number of benzene rings is 3. The van der Waals surface area contributed by atoms with E-state index in [0.717, 1.165) is 16.9 Å². The molecule has 3 aromatic carbocycles. The van der Waals surface area contributed by atoms with Crippen LogP contribution in [0.1, 0.15) is 21.5 Å². The molecule has 1 aromatic heterocycles. The van der Waals surface area contributed by atoms with Gasteiger partial charge in [0.15, 0.2) is 17.3 Å². The topological polar surface area (TPSA) is 103 Å². The van der Waals surface area contributed by atoms with Gasteiger partial charge in [0.25, 0.3) is 0 Å². The summed E-state index contributed by atoms with van der Waals surface area (Å²) in [6.45, 7) is 0. The molecule has 5 rings (SSSR count). The number of rotatable bonds is 7. The van der Waals surface area contributed by atoms with Gasteiger partial charge in [0.2, 0.25) is 5.91 Å². The minimum Gasteiger partial charge on any atom is -0.497 e. The molecule has 1 amide bonds. The Balaban J connectivity index is 1.41. The molecule has 0 radical (unpaired) electrons. The summed E-state index contributed by atoms with van der Waals surface area (Å²) in [5, 5.41) is 10.3. The third kappa shape index (κ3) is 3.89. The number of carbonyl (C=O) groups excluding carboxylic acids is 2. The van der Waals surface area contributed by atoms with Gasteiger partial charge in [-0.15, -0.1) is 0 Å². The van der Waals surface area contributed by atoms with Crippen LogP contribution < -0.4 is 19.5 Å². The van der Waals surface area contributed by atoms with Crippen molar-refractivity contribution in [2.24, 2.45) is 0 Å². The molecule has 0 atom stereocenters. The van der Waals surface area contributed by atoms with E-state index < -0.39 is 0 Å². The highest BCUT2D eigenvalue weighted by Gasteiger charge is 2.35. The highest BCUT2D eigenvalue weighted by molar-refractivity contribution is 6.27. The van der Waals surface area contributed by atoms with Gasteiger partial charge in [0.05, 0.1) is 50.3 Å². The largest absolute Gasteiger partial charge is 0.497 e. The fraction of sp³-hybridized carbons (Fsp3) is 0.148. The third-order valence-corrected chi connectivity index (χ3v) is 6.01. The molecule has 0 unspecified atom stereocenters. The van der Waals surface area contributed by atoms with Gasteiger partial charge in [-0.25, -0.2) is 0 Å². The number of H-pyrrole nitrogens is 1. The first-order valence-electron chi connectivity index (χ1n) is 11.0. The number of aromatic nitrogens is 2. The summed E-state index contributed by atoms with van der Waals surface area (Å²) in [6, 6.07) is 18.1. The average molecular weight is 469 g/mol. The van der Waals surface area contributed by atoms with Crippen molar-refractivity contribution in [3.05, 3.63) is 77.4 Å². The lowest BCUT2D eigenvalue weighted by molar-refractivity contribution is -0.115. The van der Waals surface area contributed by atoms with Gasteiger partial charge in [0.1, 0.15) is 11.4 Å². The maximum absolute atomic E-state index is 13.5. The predicted molar refractivity (Wildman–Crippen MR) is 131 cm³/mol. The van der Waals surface area contributed by atoms with Crippen molar-refractivity contribution in [1.29, 1.82) is 0 Å². The maximum atomic E-state index is 13.5. The molecule has 8 heteroatoms. The van der Waals surface area contributed by atoms with E-state index in [-0.39, 0.29) is 18.1 Å². The summed E-state index contributed by atoms with van der Waals surface area (Å²) in [6.07, 6.45) is 0.112. The molecule has 1 heterocycles. The molecule has 0 aliphatic heterocycles. The van der Waals surface area contributed by atoms with Crippen LogP contribution in [0.15, 0.2) is 60.7 Å². The first-order valence-corrected chi connectivity index (χ1v) is 11.0. The van der Waals surface area contributed by atoms with Crippen LogP contribution in [0.25, 0.3) is 22.5 Å². The molecule has 4 aromatic rings. The zero-order valence-corrected chi connectivity index (χ0v) is 19.5. The Kier molecular flexibility index (Phi) is 5.70. The van der Waals surface area contributed by atoms with Crippen molar-refractivity contribution in [3.63, 3.8) is 0 Å². The number of carbonyl (C=O) groups is 2. The molecule has 0 spiro atoms. The van der Waals surface area contributed by atoms with Crippen molar-refractivity contribution in [1.82, 2.24) is 10.2 Å². The second kappa shape index (κ2) is 8.98. The van der Waals surface area contributed by atoms with Crippen molar-refractivity contribution < 1.29 is 23.8 Å². The van der Waals surface area contributed by atoms with Gasteiger partial charge < -0.3 is 19.5 Å². The molecular weight excluding hydrogens is 446 g/mol. The lowest BCUT2D eigenvalue weighted by Crippen LogP contribution is -2.16. The van der Waals surface area contributed by atoms with Gasteiger partial charge in [-0.2, -0.15) is 5.10 Å². The first kappa shape index (κ1) is 22.2. The normalized spacial score (nSPS) is 11.6. The smallest absolute Gasteiger partial charge is 0.228 e. The maximum Gasteiger partial charge on any atom is 0.228 e. The van der Waals surface area contributed by atoms with E-state index >= 15 is 0 Å². The van der Waals surface area contributed by atoms with Gasteiger partial charge >= 0.3 is 0 Å². The number of nitrogens with one attached hydrogen (secondary N) is 2. The van der Waals surface area contributed by atoms with E-state index in [0.29, 0.717) is 45.3 Å². The summed E-state index contributed by atoms with van der Waals surface area (Å²) < 4.78 is 15.8. The number of hydrogen-bond donors (Lipinski definition) is 2. The van der Waals surface area contributed by atoms with Gasteiger partial charge in [-0.3, -0.25) is 14.7 Å². The van der Waals surface area contributed by atoms with Crippen molar-refractivity contribution in [3.8, 4) is 39.8 Å². The quantitative estimate of drug-likeness (QED) is 0.364. The molecule has 8 nitrogen and oxygen atoms in total. The highest BCUT2D eigenvalue weighted by atomic mass is 16.5. The summed E-state index contributed by atoms with van der Waals surface area (Å²) in [7, 11) is 4.70. The first-order chi connectivity index (χ1) is 17.0. The molecule has 35 heavy (non-hydrogen) atoms. The highest BCUT2D eigenvalue weighted by Crippen LogP contribution is 2.43. The molecule has 0 bridgehead atoms. The number of hydrogen-bond acceptors (Lipinski definition) is 6. The standard InChI is InChI=1S/C27H23N3O5/c1-33-17-10-8-16(9-11-17)25-24-26(30-29-25)18-5-4-6-19(23(18)27(24)32)28-22(31)14-15-7-12-20(34-2)21(13-15)35-3/h4-13H,14H2,1-3H3,(H,28,31)(H,29,30). The van der Waals surface area contributed by atoms with Gasteiger partial charge in [0, 0.05) is 11.1 Å². The predicted octanol–water partition coefficient (Wildman–Crippen LogP) is 4.50. The van der Waals surface area contributed by atoms with E-state index in [9.17, 15) is 9.59 Å². The van der Waals surface area contributed by atoms with Crippen LogP contribution in [0.3, 0.4) is 0 Å². The number of amides is 1. The monoisotopic (exact) mass is 469 g/mol. The van der Waals surface area contributed by atoms with Crippen molar-refractivity contribution >= 4 is 17.4 Å². The minimum atomic E-state index is -0.250. The number of ether oxygens (including phenoxy) is 3. The molecule has 1 aliphatic rings. The Hall–Kier alpha value is -4.59. The Morgan fingerprint density at radius 2 is 1.69 bits per heavy atom. The van der Waals surface area contributed by atoms with E-state index in [4.69, 9.17) is 14.2 Å². The fourth-order valence-electron chi connectivity index (χ4n) is 4.32. The Morgan fingerprint density at radius 1 is 0.914 bits per heavy atom. The average Bonchev–Trinajstić information content (AvgIpc) is 3.44. The molecule has 176 valence electrons. The lowest BCUT2D eigenvalue weighted by Gasteiger charge is -2.12. The third-order valence-electron chi connectivity index (χ3n) is 6.01. The summed E-state index contributed by atoms with van der Waals surface area (Å²) in [5.74, 6) is 1.42. The SMILES string of the molecule is COc1ccc(-c2[nH]nc3c2C(=O)c2c(NC(=O)Cc4ccc(OC)c(OC)c4)cccc2-3)cc1. The number of anilines is 1. The summed E-state index contributed by atoms with van der Waals surface area (Å²) in [5.41, 5.74) is 4.86. The van der Waals surface area contributed by atoms with Crippen LogP contribution in [0.5, 0.6) is 17.2 Å². The van der Waals surface area contributed by atoms with Crippen LogP contribution in [0.4, 0.5) is 5.69 Å². The molecule has 2 N–H and O–H groups in total. The lowest BCUT2D eigenvalue weighted by atomic mass is 10.0. The van der Waals surface area contributed by atoms with E-state index in [2.05, 4.69) is 15.5 Å². The number of ketones is 1.